The van der Waals surface area contributed by atoms with Crippen molar-refractivity contribution in [1.82, 2.24) is 4.90 Å². The topological polar surface area (TPSA) is 3.24 Å². The van der Waals surface area contributed by atoms with Crippen LogP contribution in [0.3, 0.4) is 0 Å². The molecule has 0 bridgehead atoms. The van der Waals surface area contributed by atoms with Crippen LogP contribution >= 0.6 is 0 Å². The fraction of sp³-hybridized carbons (Fsp3) is 0.854. The van der Waals surface area contributed by atoms with Gasteiger partial charge in [0.15, 0.2) is 0 Å². The molecule has 2 fully saturated rings. The summed E-state index contributed by atoms with van der Waals surface area (Å²) in [6.45, 7) is 40.6. The minimum Gasteiger partial charge on any atom is -0.307 e. The molecule has 3 rings (SSSR count). The number of hydrogen-bond donors (Lipinski definition) is 0. The average molecular weight is 590 g/mol. The third-order valence-corrected chi connectivity index (χ3v) is 10.4. The van der Waals surface area contributed by atoms with E-state index in [2.05, 4.69) is 148 Å². The summed E-state index contributed by atoms with van der Waals surface area (Å²) in [4.78, 5) is 2.25. The van der Waals surface area contributed by atoms with Gasteiger partial charge in [-0.2, -0.15) is 0 Å². The van der Waals surface area contributed by atoms with Crippen LogP contribution in [-0.4, -0.2) is 25.0 Å². The molecule has 0 aromatic heterocycles. The molecule has 2 aliphatic carbocycles. The van der Waals surface area contributed by atoms with Gasteiger partial charge in [0.1, 0.15) is 0 Å². The monoisotopic (exact) mass is 590 g/mol. The van der Waals surface area contributed by atoms with E-state index in [1.54, 1.807) is 0 Å². The summed E-state index contributed by atoms with van der Waals surface area (Å²) >= 11 is 0. The largest absolute Gasteiger partial charge is 0.307 e. The minimum absolute atomic E-state index is 0.884. The third kappa shape index (κ3) is 25.7. The van der Waals surface area contributed by atoms with Crippen molar-refractivity contribution in [2.45, 2.75) is 163 Å². The van der Waals surface area contributed by atoms with Gasteiger partial charge in [0, 0.05) is 0 Å². The van der Waals surface area contributed by atoms with Gasteiger partial charge in [0.05, 0.1) is 0 Å². The maximum atomic E-state index is 2.39. The number of aryl methyl sites for hydroxylation is 3. The zero-order chi connectivity index (χ0) is 33.4. The fourth-order valence-electron chi connectivity index (χ4n) is 4.60. The Bertz CT molecular complexity index is 681. The lowest BCUT2D eigenvalue weighted by Crippen LogP contribution is -2.29. The van der Waals surface area contributed by atoms with E-state index in [1.807, 2.05) is 0 Å². The third-order valence-electron chi connectivity index (χ3n) is 10.4. The maximum absolute atomic E-state index is 2.39. The van der Waals surface area contributed by atoms with E-state index in [4.69, 9.17) is 0 Å². The van der Waals surface area contributed by atoms with Crippen LogP contribution in [0.4, 0.5) is 0 Å². The van der Waals surface area contributed by atoms with Crippen molar-refractivity contribution < 1.29 is 0 Å². The highest BCUT2D eigenvalue weighted by molar-refractivity contribution is 5.28. The second kappa shape index (κ2) is 27.7. The van der Waals surface area contributed by atoms with Crippen molar-refractivity contribution in [3.8, 4) is 0 Å². The molecule has 0 saturated heterocycles. The second-order valence-electron chi connectivity index (χ2n) is 14.7. The van der Waals surface area contributed by atoms with Crippen molar-refractivity contribution >= 4 is 0 Å². The molecule has 0 spiro atoms. The molecule has 0 heterocycles. The Morgan fingerprint density at radius 3 is 1.31 bits per heavy atom. The molecule has 0 amide bonds. The van der Waals surface area contributed by atoms with E-state index in [1.165, 1.54) is 61.6 Å². The van der Waals surface area contributed by atoms with Crippen LogP contribution in [0.1, 0.15) is 159 Å². The zero-order valence-electron chi connectivity index (χ0n) is 32.7. The van der Waals surface area contributed by atoms with Crippen LogP contribution in [-0.2, 0) is 0 Å². The van der Waals surface area contributed by atoms with E-state index in [-0.39, 0.29) is 0 Å². The predicted molar refractivity (Wildman–Crippen MR) is 198 cm³/mol. The van der Waals surface area contributed by atoms with Crippen LogP contribution < -0.4 is 0 Å². The minimum atomic E-state index is 0.884. The molecule has 5 atom stereocenters. The van der Waals surface area contributed by atoms with Crippen LogP contribution in [0, 0.1) is 68.1 Å². The first-order valence-electron chi connectivity index (χ1n) is 18.2. The van der Waals surface area contributed by atoms with Crippen molar-refractivity contribution in [2.75, 3.05) is 20.1 Å². The van der Waals surface area contributed by atoms with Crippen LogP contribution in [0.2, 0.25) is 0 Å². The van der Waals surface area contributed by atoms with Crippen LogP contribution in [0.5, 0.6) is 0 Å². The summed E-state index contributed by atoms with van der Waals surface area (Å²) in [5, 5.41) is 0. The van der Waals surface area contributed by atoms with Crippen molar-refractivity contribution in [2.24, 2.45) is 47.3 Å². The molecule has 0 N–H and O–H groups in total. The van der Waals surface area contributed by atoms with Crippen molar-refractivity contribution in [1.29, 1.82) is 0 Å². The molecule has 1 aromatic carbocycles. The van der Waals surface area contributed by atoms with Gasteiger partial charge in [0.2, 0.25) is 0 Å². The summed E-state index contributed by atoms with van der Waals surface area (Å²) in [6, 6.07) is 6.50. The summed E-state index contributed by atoms with van der Waals surface area (Å²) in [5.74, 6) is 7.80. The molecule has 0 radical (unpaired) electrons. The Morgan fingerprint density at radius 1 is 0.643 bits per heavy atom. The molecule has 252 valence electrons. The summed E-state index contributed by atoms with van der Waals surface area (Å²) < 4.78 is 0. The number of rotatable bonds is 5. The maximum Gasteiger partial charge on any atom is -0.00504 e. The summed E-state index contributed by atoms with van der Waals surface area (Å²) in [5.41, 5.74) is 4.11. The SMILES string of the molecule is CC1CC(C)C1C.CC1CCC(C)C(C)C1.CCC(C)C.CCC(C)CC.CCN(C)CC.Cc1ccc(C)c(C)c1. The molecule has 42 heavy (non-hydrogen) atoms. The molecular weight excluding hydrogens is 506 g/mol. The Labute approximate surface area is 269 Å². The van der Waals surface area contributed by atoms with Gasteiger partial charge in [-0.25, -0.2) is 0 Å². The standard InChI is InChI=1S/C9H18.C9H12.C7H14.C6H14.C5H13N.C5H12/c2*1-7-4-5-8(2)9(3)6-7;1-5-4-6(2)7(5)3;2*1-4-6(3)5-2;1-4-5(2)3/h7-9H,4-6H2,1-3H3;4-6H,1-3H3;5-7H,4H2,1-3H3;6H,4-5H2,1-3H3;4-5H2,1-3H3;5H,4H2,1-3H3. The van der Waals surface area contributed by atoms with Gasteiger partial charge < -0.3 is 4.90 Å². The highest BCUT2D eigenvalue weighted by Gasteiger charge is 2.29. The first kappa shape index (κ1) is 45.6. The number of nitrogens with zero attached hydrogens (tertiary/aromatic N) is 1. The van der Waals surface area contributed by atoms with E-state index < -0.39 is 0 Å². The van der Waals surface area contributed by atoms with Gasteiger partial charge in [-0.05, 0) is 112 Å². The van der Waals surface area contributed by atoms with Crippen molar-refractivity contribution in [3.05, 3.63) is 34.9 Å². The number of hydrogen-bond acceptors (Lipinski definition) is 1. The van der Waals surface area contributed by atoms with Gasteiger partial charge in [0.25, 0.3) is 0 Å². The molecule has 2 aliphatic rings. The molecule has 1 aromatic rings. The molecule has 1 nitrogen and oxygen atoms in total. The Kier molecular flexibility index (Phi) is 30.1. The summed E-state index contributed by atoms with van der Waals surface area (Å²) in [6.07, 6.45) is 9.81. The Morgan fingerprint density at radius 2 is 1.12 bits per heavy atom. The van der Waals surface area contributed by atoms with Gasteiger partial charge in [-0.3, -0.25) is 0 Å². The average Bonchev–Trinajstić information content (AvgIpc) is 2.97. The highest BCUT2D eigenvalue weighted by atomic mass is 15.1. The first-order chi connectivity index (χ1) is 19.5. The fourth-order valence-corrected chi connectivity index (χ4v) is 4.60. The predicted octanol–water partition coefficient (Wildman–Crippen LogP) is 13.4. The molecule has 0 aliphatic heterocycles. The van der Waals surface area contributed by atoms with E-state index in [0.717, 1.165) is 60.4 Å². The first-order valence-corrected chi connectivity index (χ1v) is 18.2. The van der Waals surface area contributed by atoms with Crippen LogP contribution in [0.25, 0.3) is 0 Å². The lowest BCUT2D eigenvalue weighted by atomic mass is 9.68. The Hall–Kier alpha value is -0.820. The van der Waals surface area contributed by atoms with Gasteiger partial charge >= 0.3 is 0 Å². The Balaban J connectivity index is -0.000000441. The lowest BCUT2D eigenvalue weighted by molar-refractivity contribution is 0.120. The lowest BCUT2D eigenvalue weighted by Gasteiger charge is -2.38. The van der Waals surface area contributed by atoms with Gasteiger partial charge in [-0.15, -0.1) is 0 Å². The number of benzene rings is 1. The highest BCUT2D eigenvalue weighted by Crippen LogP contribution is 2.38. The van der Waals surface area contributed by atoms with E-state index in [0.29, 0.717) is 0 Å². The van der Waals surface area contributed by atoms with Crippen LogP contribution in [0.15, 0.2) is 18.2 Å². The quantitative estimate of drug-likeness (QED) is 0.330. The molecule has 1 heteroatoms. The normalized spacial score (nSPS) is 24.2. The van der Waals surface area contributed by atoms with E-state index in [9.17, 15) is 0 Å². The molecule has 2 saturated carbocycles. The molecule has 5 unspecified atom stereocenters. The summed E-state index contributed by atoms with van der Waals surface area (Å²) in [7, 11) is 2.11. The van der Waals surface area contributed by atoms with E-state index >= 15 is 0 Å². The zero-order valence-corrected chi connectivity index (χ0v) is 32.7. The van der Waals surface area contributed by atoms with Gasteiger partial charge in [-0.1, -0.05) is 153 Å². The molecular formula is C41H83N. The van der Waals surface area contributed by atoms with Crippen molar-refractivity contribution in [3.63, 3.8) is 0 Å². The smallest absolute Gasteiger partial charge is 0.00504 e. The second-order valence-corrected chi connectivity index (χ2v) is 14.7.